The number of carboxylic acid groups (broad SMARTS) is 1. The number of hydrogen-bond acceptors (Lipinski definition) is 5. The average Bonchev–Trinajstić information content (AvgIpc) is 2.75. The number of ether oxygens (including phenoxy) is 2. The molecule has 160 valence electrons. The summed E-state index contributed by atoms with van der Waals surface area (Å²) in [6, 6.07) is 13.0. The number of hydrogen-bond donors (Lipinski definition) is 2. The molecule has 0 aromatic heterocycles. The highest BCUT2D eigenvalue weighted by molar-refractivity contribution is 5.97. The van der Waals surface area contributed by atoms with Gasteiger partial charge in [-0.15, -0.1) is 0 Å². The van der Waals surface area contributed by atoms with Crippen LogP contribution in [0.15, 0.2) is 48.5 Å². The molecule has 30 heavy (non-hydrogen) atoms. The second kappa shape index (κ2) is 11.6. The van der Waals surface area contributed by atoms with Crippen molar-refractivity contribution in [2.75, 3.05) is 13.7 Å². The van der Waals surface area contributed by atoms with Crippen molar-refractivity contribution in [2.24, 2.45) is 0 Å². The largest absolute Gasteiger partial charge is 0.493 e. The monoisotopic (exact) mass is 413 g/mol. The van der Waals surface area contributed by atoms with E-state index in [1.54, 1.807) is 42.5 Å². The average molecular weight is 413 g/mol. The number of benzene rings is 2. The van der Waals surface area contributed by atoms with Crippen molar-refractivity contribution >= 4 is 17.7 Å². The fourth-order valence-corrected chi connectivity index (χ4v) is 2.92. The fourth-order valence-electron chi connectivity index (χ4n) is 2.92. The van der Waals surface area contributed by atoms with Crippen LogP contribution >= 0.6 is 0 Å². The van der Waals surface area contributed by atoms with E-state index in [1.165, 1.54) is 7.11 Å². The summed E-state index contributed by atoms with van der Waals surface area (Å²) in [5, 5.41) is 12.0. The molecular formula is C23H27NO6. The molecule has 2 aromatic carbocycles. The molecule has 2 rings (SSSR count). The lowest BCUT2D eigenvalue weighted by atomic mass is 10.0. The van der Waals surface area contributed by atoms with E-state index in [0.29, 0.717) is 29.2 Å². The predicted octanol–water partition coefficient (Wildman–Crippen LogP) is 3.78. The van der Waals surface area contributed by atoms with Gasteiger partial charge in [0.1, 0.15) is 0 Å². The number of rotatable bonds is 12. The molecule has 7 nitrogen and oxygen atoms in total. The van der Waals surface area contributed by atoms with Gasteiger partial charge in [-0.1, -0.05) is 43.3 Å². The summed E-state index contributed by atoms with van der Waals surface area (Å²) in [5.74, 6) is -0.567. The summed E-state index contributed by atoms with van der Waals surface area (Å²) in [5.41, 5.74) is 1.13. The highest BCUT2D eigenvalue weighted by Gasteiger charge is 2.20. The molecule has 0 radical (unpaired) electrons. The van der Waals surface area contributed by atoms with Gasteiger partial charge in [0.05, 0.1) is 26.2 Å². The molecule has 2 aromatic rings. The number of carbonyl (C=O) groups excluding carboxylic acids is 2. The predicted molar refractivity (Wildman–Crippen MR) is 112 cm³/mol. The molecule has 0 fully saturated rings. The Bertz CT molecular complexity index is 865. The molecule has 0 saturated carbocycles. The Morgan fingerprint density at radius 3 is 2.40 bits per heavy atom. The quantitative estimate of drug-likeness (QED) is 0.514. The molecule has 7 heteroatoms. The van der Waals surface area contributed by atoms with Gasteiger partial charge in [0, 0.05) is 18.4 Å². The van der Waals surface area contributed by atoms with E-state index in [9.17, 15) is 19.5 Å². The number of amides is 1. The lowest BCUT2D eigenvalue weighted by Gasteiger charge is -2.19. The highest BCUT2D eigenvalue weighted by Crippen LogP contribution is 2.31. The number of methoxy groups -OCH3 is 1. The number of carboxylic acids is 1. The van der Waals surface area contributed by atoms with Crippen molar-refractivity contribution in [3.8, 4) is 11.5 Å². The molecule has 2 N–H and O–H groups in total. The van der Waals surface area contributed by atoms with Crippen molar-refractivity contribution in [1.82, 2.24) is 5.32 Å². The van der Waals surface area contributed by atoms with Crippen LogP contribution in [0.2, 0.25) is 0 Å². The molecule has 0 heterocycles. The second-order valence-corrected chi connectivity index (χ2v) is 6.77. The molecule has 0 saturated heterocycles. The molecular weight excluding hydrogens is 386 g/mol. The lowest BCUT2D eigenvalue weighted by Crippen LogP contribution is -2.30. The van der Waals surface area contributed by atoms with Crippen LogP contribution in [0, 0.1) is 0 Å². The molecule has 0 spiro atoms. The highest BCUT2D eigenvalue weighted by atomic mass is 16.5. The molecule has 0 aliphatic rings. The van der Waals surface area contributed by atoms with E-state index in [4.69, 9.17) is 9.47 Å². The van der Waals surface area contributed by atoms with Crippen LogP contribution in [0.1, 0.15) is 54.6 Å². The molecule has 0 aliphatic heterocycles. The van der Waals surface area contributed by atoms with Crippen molar-refractivity contribution < 1.29 is 29.0 Å². The third-order valence-electron chi connectivity index (χ3n) is 4.44. The first-order valence-electron chi connectivity index (χ1n) is 9.84. The normalized spacial score (nSPS) is 11.4. The third kappa shape index (κ3) is 6.92. The maximum absolute atomic E-state index is 12.4. The van der Waals surface area contributed by atoms with Gasteiger partial charge in [0.2, 0.25) is 5.91 Å². The number of ketones is 1. The van der Waals surface area contributed by atoms with Crippen LogP contribution in [0.3, 0.4) is 0 Å². The molecule has 1 atom stereocenters. The van der Waals surface area contributed by atoms with Crippen LogP contribution in [0.25, 0.3) is 0 Å². The lowest BCUT2D eigenvalue weighted by molar-refractivity contribution is -0.137. The maximum Gasteiger partial charge on any atom is 0.305 e. The topological polar surface area (TPSA) is 102 Å². The number of Topliss-reactive ketones (excluding diaryl/α,β-unsaturated/α-hetero) is 1. The SMILES string of the molecule is CCCOc1ccc(C(CC(=O)O)NC(=O)CCC(=O)c2ccccc2)cc1OC. The van der Waals surface area contributed by atoms with Crippen LogP contribution in [-0.2, 0) is 9.59 Å². The number of aliphatic carboxylic acids is 1. The molecule has 0 bridgehead atoms. The van der Waals surface area contributed by atoms with E-state index in [0.717, 1.165) is 6.42 Å². The van der Waals surface area contributed by atoms with Crippen molar-refractivity contribution in [2.45, 2.75) is 38.6 Å². The van der Waals surface area contributed by atoms with Crippen LogP contribution < -0.4 is 14.8 Å². The summed E-state index contributed by atoms with van der Waals surface area (Å²) in [4.78, 5) is 35.9. The summed E-state index contributed by atoms with van der Waals surface area (Å²) < 4.78 is 11.0. The second-order valence-electron chi connectivity index (χ2n) is 6.77. The Labute approximate surface area is 176 Å². The summed E-state index contributed by atoms with van der Waals surface area (Å²) in [6.45, 7) is 2.52. The Kier molecular flexibility index (Phi) is 8.87. The molecule has 1 unspecified atom stereocenters. The van der Waals surface area contributed by atoms with Gasteiger partial charge in [-0.3, -0.25) is 14.4 Å². The van der Waals surface area contributed by atoms with Gasteiger partial charge in [0.25, 0.3) is 0 Å². The number of carbonyl (C=O) groups is 3. The van der Waals surface area contributed by atoms with Gasteiger partial charge in [-0.2, -0.15) is 0 Å². The molecule has 1 amide bonds. The molecule has 0 aliphatic carbocycles. The Balaban J connectivity index is 2.07. The minimum absolute atomic E-state index is 0.0291. The van der Waals surface area contributed by atoms with Crippen LogP contribution in [-0.4, -0.2) is 36.5 Å². The third-order valence-corrected chi connectivity index (χ3v) is 4.44. The first-order valence-corrected chi connectivity index (χ1v) is 9.84. The minimum Gasteiger partial charge on any atom is -0.493 e. The summed E-state index contributed by atoms with van der Waals surface area (Å²) in [6.07, 6.45) is 0.558. The van der Waals surface area contributed by atoms with E-state index in [2.05, 4.69) is 5.32 Å². The standard InChI is InChI=1S/C23H27NO6/c1-3-13-30-20-11-9-17(14-21(20)29-2)18(15-23(27)28)24-22(26)12-10-19(25)16-7-5-4-6-8-16/h4-9,11,14,18H,3,10,12-13,15H2,1-2H3,(H,24,26)(H,27,28). The fraction of sp³-hybridized carbons (Fsp3) is 0.348. The van der Waals surface area contributed by atoms with E-state index < -0.39 is 17.9 Å². The van der Waals surface area contributed by atoms with Crippen LogP contribution in [0.4, 0.5) is 0 Å². The van der Waals surface area contributed by atoms with Crippen molar-refractivity contribution in [1.29, 1.82) is 0 Å². The van der Waals surface area contributed by atoms with E-state index in [1.807, 2.05) is 13.0 Å². The van der Waals surface area contributed by atoms with Crippen molar-refractivity contribution in [3.05, 3.63) is 59.7 Å². The summed E-state index contributed by atoms with van der Waals surface area (Å²) >= 11 is 0. The van der Waals surface area contributed by atoms with E-state index in [-0.39, 0.29) is 25.0 Å². The van der Waals surface area contributed by atoms with Gasteiger partial charge in [-0.05, 0) is 24.1 Å². The van der Waals surface area contributed by atoms with Crippen molar-refractivity contribution in [3.63, 3.8) is 0 Å². The van der Waals surface area contributed by atoms with Gasteiger partial charge < -0.3 is 19.9 Å². The maximum atomic E-state index is 12.4. The van der Waals surface area contributed by atoms with Gasteiger partial charge in [0.15, 0.2) is 17.3 Å². The Morgan fingerprint density at radius 1 is 1.03 bits per heavy atom. The summed E-state index contributed by atoms with van der Waals surface area (Å²) in [7, 11) is 1.50. The zero-order valence-corrected chi connectivity index (χ0v) is 17.2. The Morgan fingerprint density at radius 2 is 1.77 bits per heavy atom. The smallest absolute Gasteiger partial charge is 0.305 e. The minimum atomic E-state index is -1.05. The zero-order chi connectivity index (χ0) is 21.9. The van der Waals surface area contributed by atoms with Gasteiger partial charge >= 0.3 is 5.97 Å². The Hall–Kier alpha value is -3.35. The number of nitrogens with one attached hydrogen (secondary N) is 1. The zero-order valence-electron chi connectivity index (χ0n) is 17.2. The van der Waals surface area contributed by atoms with Crippen LogP contribution in [0.5, 0.6) is 11.5 Å². The van der Waals surface area contributed by atoms with Gasteiger partial charge in [-0.25, -0.2) is 0 Å². The van der Waals surface area contributed by atoms with E-state index >= 15 is 0 Å². The first kappa shape index (κ1) is 22.9. The first-order chi connectivity index (χ1) is 14.4.